The van der Waals surface area contributed by atoms with Gasteiger partial charge in [-0.25, -0.2) is 0 Å². The van der Waals surface area contributed by atoms with Crippen LogP contribution in [0.4, 0.5) is 0 Å². The standard InChI is InChI=1S/C16H25BBr2O2/c1-3-5-7-20-15-9-14(19)16(21-8-6-4-2)13(11-18)12(15)10-17/h9H,3-8,10-11,17H2,1-2H3. The molecule has 0 heterocycles. The monoisotopic (exact) mass is 418 g/mol. The number of benzene rings is 1. The predicted molar refractivity (Wildman–Crippen MR) is 99.8 cm³/mol. The zero-order valence-electron chi connectivity index (χ0n) is 13.3. The van der Waals surface area contributed by atoms with E-state index in [9.17, 15) is 0 Å². The third-order valence-electron chi connectivity index (χ3n) is 3.40. The van der Waals surface area contributed by atoms with Crippen LogP contribution in [0.1, 0.15) is 50.7 Å². The van der Waals surface area contributed by atoms with Crippen LogP contribution >= 0.6 is 31.9 Å². The van der Waals surface area contributed by atoms with Gasteiger partial charge in [0.2, 0.25) is 0 Å². The molecule has 0 saturated heterocycles. The second kappa shape index (κ2) is 10.6. The summed E-state index contributed by atoms with van der Waals surface area (Å²) in [5.41, 5.74) is 2.45. The van der Waals surface area contributed by atoms with Crippen LogP contribution in [0.25, 0.3) is 0 Å². The molecule has 0 aromatic heterocycles. The number of halogens is 2. The molecule has 0 atom stereocenters. The highest BCUT2D eigenvalue weighted by atomic mass is 79.9. The summed E-state index contributed by atoms with van der Waals surface area (Å²) in [7, 11) is 2.16. The first kappa shape index (κ1) is 18.9. The normalized spacial score (nSPS) is 10.7. The average molecular weight is 420 g/mol. The van der Waals surface area contributed by atoms with E-state index < -0.39 is 0 Å². The van der Waals surface area contributed by atoms with E-state index in [2.05, 4.69) is 59.6 Å². The van der Waals surface area contributed by atoms with Crippen molar-refractivity contribution in [1.29, 1.82) is 0 Å². The molecule has 118 valence electrons. The molecule has 0 amide bonds. The van der Waals surface area contributed by atoms with Crippen LogP contribution in [0.3, 0.4) is 0 Å². The van der Waals surface area contributed by atoms with Crippen LogP contribution in [0.15, 0.2) is 10.5 Å². The molecule has 0 N–H and O–H groups in total. The quantitative estimate of drug-likeness (QED) is 0.307. The fourth-order valence-corrected chi connectivity index (χ4v) is 3.31. The van der Waals surface area contributed by atoms with E-state index in [1.54, 1.807) is 0 Å². The van der Waals surface area contributed by atoms with Gasteiger partial charge in [0.25, 0.3) is 0 Å². The van der Waals surface area contributed by atoms with Gasteiger partial charge in [-0.2, -0.15) is 0 Å². The number of alkyl halides is 1. The first-order valence-corrected chi connectivity index (χ1v) is 9.76. The molecule has 0 fully saturated rings. The lowest BCUT2D eigenvalue weighted by Crippen LogP contribution is -2.07. The summed E-state index contributed by atoms with van der Waals surface area (Å²) in [6.45, 7) is 5.88. The van der Waals surface area contributed by atoms with Crippen molar-refractivity contribution in [3.05, 3.63) is 21.7 Å². The Morgan fingerprint density at radius 1 is 1.05 bits per heavy atom. The van der Waals surface area contributed by atoms with Crippen LogP contribution in [-0.2, 0) is 11.7 Å². The van der Waals surface area contributed by atoms with Crippen LogP contribution in [0.2, 0.25) is 0 Å². The molecule has 0 aliphatic carbocycles. The Morgan fingerprint density at radius 2 is 1.67 bits per heavy atom. The van der Waals surface area contributed by atoms with Crippen molar-refractivity contribution in [2.24, 2.45) is 0 Å². The molecule has 0 radical (unpaired) electrons. The van der Waals surface area contributed by atoms with Crippen molar-refractivity contribution in [2.75, 3.05) is 13.2 Å². The Bertz CT molecular complexity index is 439. The molecule has 0 aliphatic rings. The van der Waals surface area contributed by atoms with Crippen molar-refractivity contribution >= 4 is 39.7 Å². The fraction of sp³-hybridized carbons (Fsp3) is 0.625. The van der Waals surface area contributed by atoms with Gasteiger partial charge in [0.15, 0.2) is 0 Å². The molecule has 0 saturated carbocycles. The molecule has 5 heteroatoms. The van der Waals surface area contributed by atoms with Crippen LogP contribution in [-0.4, -0.2) is 21.1 Å². The van der Waals surface area contributed by atoms with E-state index in [0.29, 0.717) is 0 Å². The van der Waals surface area contributed by atoms with Gasteiger partial charge in [0.1, 0.15) is 19.3 Å². The van der Waals surface area contributed by atoms with Gasteiger partial charge in [-0.3, -0.25) is 0 Å². The molecular weight excluding hydrogens is 395 g/mol. The third kappa shape index (κ3) is 5.52. The molecule has 0 spiro atoms. The smallest absolute Gasteiger partial charge is 0.138 e. The zero-order valence-corrected chi connectivity index (χ0v) is 16.5. The summed E-state index contributed by atoms with van der Waals surface area (Å²) in [5, 5.41) is 0.779. The maximum absolute atomic E-state index is 5.99. The SMILES string of the molecule is BCc1c(OCCCC)cc(Br)c(OCCCC)c1CBr. The molecule has 2 nitrogen and oxygen atoms in total. The molecule has 1 aromatic carbocycles. The zero-order chi connectivity index (χ0) is 15.7. The lowest BCUT2D eigenvalue weighted by molar-refractivity contribution is 0.295. The summed E-state index contributed by atoms with van der Waals surface area (Å²) < 4.78 is 12.9. The second-order valence-electron chi connectivity index (χ2n) is 5.03. The highest BCUT2D eigenvalue weighted by Crippen LogP contribution is 2.39. The van der Waals surface area contributed by atoms with E-state index in [1.165, 1.54) is 11.1 Å². The fourth-order valence-electron chi connectivity index (χ4n) is 2.16. The molecule has 0 unspecified atom stereocenters. The van der Waals surface area contributed by atoms with Crippen molar-refractivity contribution < 1.29 is 9.47 Å². The summed E-state index contributed by atoms with van der Waals surface area (Å²) in [6, 6.07) is 2.06. The van der Waals surface area contributed by atoms with E-state index in [-0.39, 0.29) is 0 Å². The molecule has 1 rings (SSSR count). The Morgan fingerprint density at radius 3 is 2.19 bits per heavy atom. The average Bonchev–Trinajstić information content (AvgIpc) is 2.49. The summed E-state index contributed by atoms with van der Waals surface area (Å²) >= 11 is 7.24. The minimum atomic E-state index is 0.758. The molecule has 0 aliphatic heterocycles. The third-order valence-corrected chi connectivity index (χ3v) is 4.55. The van der Waals surface area contributed by atoms with E-state index in [1.807, 2.05) is 0 Å². The molecule has 0 bridgehead atoms. The first-order chi connectivity index (χ1) is 10.2. The van der Waals surface area contributed by atoms with Gasteiger partial charge >= 0.3 is 0 Å². The first-order valence-electron chi connectivity index (χ1n) is 7.85. The van der Waals surface area contributed by atoms with Gasteiger partial charge in [-0.15, -0.1) is 0 Å². The Kier molecular flexibility index (Phi) is 9.49. The maximum Gasteiger partial charge on any atom is 0.138 e. The number of rotatable bonds is 10. The van der Waals surface area contributed by atoms with Crippen LogP contribution in [0.5, 0.6) is 11.5 Å². The molecule has 1 aromatic rings. The molecular formula is C16H25BBr2O2. The largest absolute Gasteiger partial charge is 0.493 e. The predicted octanol–water partition coefficient (Wildman–Crippen LogP) is 4.83. The van der Waals surface area contributed by atoms with Gasteiger partial charge in [0, 0.05) is 10.9 Å². The lowest BCUT2D eigenvalue weighted by Gasteiger charge is -2.19. The van der Waals surface area contributed by atoms with Crippen LogP contribution < -0.4 is 9.47 Å². The Labute approximate surface area is 146 Å². The highest BCUT2D eigenvalue weighted by Gasteiger charge is 2.17. The number of ether oxygens (including phenoxy) is 2. The summed E-state index contributed by atoms with van der Waals surface area (Å²) in [4.78, 5) is 0. The van der Waals surface area contributed by atoms with E-state index in [4.69, 9.17) is 9.47 Å². The van der Waals surface area contributed by atoms with E-state index >= 15 is 0 Å². The Hall–Kier alpha value is -0.155. The number of hydrogen-bond acceptors (Lipinski definition) is 2. The minimum Gasteiger partial charge on any atom is -0.493 e. The van der Waals surface area contributed by atoms with Gasteiger partial charge in [-0.1, -0.05) is 48.9 Å². The Balaban J connectivity index is 3.04. The van der Waals surface area contributed by atoms with Gasteiger partial charge < -0.3 is 9.47 Å². The minimum absolute atomic E-state index is 0.758. The van der Waals surface area contributed by atoms with Gasteiger partial charge in [0.05, 0.1) is 17.7 Å². The van der Waals surface area contributed by atoms with Crippen molar-refractivity contribution in [2.45, 2.75) is 51.2 Å². The van der Waals surface area contributed by atoms with E-state index in [0.717, 1.165) is 66.5 Å². The lowest BCUT2D eigenvalue weighted by atomic mass is 9.92. The maximum atomic E-state index is 5.99. The summed E-state index contributed by atoms with van der Waals surface area (Å²) in [6.07, 6.45) is 5.38. The van der Waals surface area contributed by atoms with Crippen molar-refractivity contribution in [3.63, 3.8) is 0 Å². The molecule has 21 heavy (non-hydrogen) atoms. The van der Waals surface area contributed by atoms with Crippen molar-refractivity contribution in [3.8, 4) is 11.5 Å². The van der Waals surface area contributed by atoms with Gasteiger partial charge in [-0.05, 0) is 40.4 Å². The topological polar surface area (TPSA) is 18.5 Å². The second-order valence-corrected chi connectivity index (χ2v) is 6.45. The summed E-state index contributed by atoms with van der Waals surface area (Å²) in [5.74, 6) is 1.94. The van der Waals surface area contributed by atoms with Crippen molar-refractivity contribution in [1.82, 2.24) is 0 Å². The number of unbranched alkanes of at least 4 members (excludes halogenated alkanes) is 2. The number of hydrogen-bond donors (Lipinski definition) is 0. The highest BCUT2D eigenvalue weighted by molar-refractivity contribution is 9.10. The van der Waals surface area contributed by atoms with Crippen LogP contribution in [0, 0.1) is 0 Å².